The zero-order valence-corrected chi connectivity index (χ0v) is 33.8. The summed E-state index contributed by atoms with van der Waals surface area (Å²) >= 11 is 0. The van der Waals surface area contributed by atoms with Crippen LogP contribution in [0.5, 0.6) is 0 Å². The van der Waals surface area contributed by atoms with Crippen LogP contribution in [0.25, 0.3) is 0 Å². The molecule has 298 valence electrons. The van der Waals surface area contributed by atoms with Crippen molar-refractivity contribution in [2.45, 2.75) is 128 Å². The van der Waals surface area contributed by atoms with Crippen LogP contribution in [-0.2, 0) is 49.9 Å². The summed E-state index contributed by atoms with van der Waals surface area (Å²) in [6.45, 7) is 11.5. The summed E-state index contributed by atoms with van der Waals surface area (Å²) in [7, 11) is 0.889. The zero-order chi connectivity index (χ0) is 39.6. The Morgan fingerprint density at radius 2 is 1.58 bits per heavy atom. The number of methoxy groups -OCH3 is 2. The van der Waals surface area contributed by atoms with E-state index in [0.29, 0.717) is 32.2 Å². The average molecular weight is 763 g/mol. The number of carbonyl (C=O) groups is 5. The van der Waals surface area contributed by atoms with Crippen molar-refractivity contribution in [1.29, 1.82) is 0 Å². The van der Waals surface area contributed by atoms with Crippen LogP contribution in [0.2, 0.25) is 0 Å². The van der Waals surface area contributed by atoms with Crippen LogP contribution in [0, 0.1) is 23.7 Å². The number of likely N-dealkylation sites (tertiary alicyclic amines) is 1. The van der Waals surface area contributed by atoms with Gasteiger partial charge in [-0.15, -0.1) is 0 Å². The first-order valence-corrected chi connectivity index (χ1v) is 20.5. The van der Waals surface area contributed by atoms with Gasteiger partial charge in [0.2, 0.25) is 27.7 Å². The maximum absolute atomic E-state index is 14.1. The quantitative estimate of drug-likeness (QED) is 0.191. The molecule has 0 unspecified atom stereocenters. The van der Waals surface area contributed by atoms with Crippen molar-refractivity contribution in [1.82, 2.24) is 19.8 Å². The van der Waals surface area contributed by atoms with Crippen molar-refractivity contribution in [3.05, 3.63) is 35.9 Å². The third kappa shape index (κ3) is 11.8. The van der Waals surface area contributed by atoms with Crippen LogP contribution >= 0.6 is 0 Å². The molecule has 8 atom stereocenters. The van der Waals surface area contributed by atoms with E-state index in [2.05, 4.69) is 10.0 Å². The van der Waals surface area contributed by atoms with Crippen molar-refractivity contribution >= 4 is 39.4 Å². The summed E-state index contributed by atoms with van der Waals surface area (Å²) < 4.78 is 39.3. The monoisotopic (exact) mass is 762 g/mol. The van der Waals surface area contributed by atoms with Gasteiger partial charge in [-0.25, -0.2) is 8.42 Å². The number of ketones is 1. The number of amides is 4. The second-order valence-electron chi connectivity index (χ2n) is 15.3. The van der Waals surface area contributed by atoms with E-state index in [1.54, 1.807) is 48.0 Å². The standard InChI is InChI=1S/C39H62N4O9S/c1-10-25(4)35(42(7)39(48)30(24(2)3)21-26(5)44)33(51-8)23-34(45)43-20-14-17-32(43)36(52-9)27(6)37(46)40-31(22-28-15-12-11-13-16-28)38(47)41-53(49,50)29-18-19-29/h11-13,15-16,24-25,27,29-33,35-36H,10,14,17-23H2,1-9H3,(H,40,46)(H,41,47)/t25-,27+,30-,31-,32-,33+,35-,36+/m0/s1. The van der Waals surface area contributed by atoms with E-state index in [4.69, 9.17) is 9.47 Å². The topological polar surface area (TPSA) is 168 Å². The van der Waals surface area contributed by atoms with Gasteiger partial charge in [0.25, 0.3) is 5.91 Å². The molecule has 0 radical (unpaired) electrons. The Hall–Kier alpha value is -3.36. The molecule has 1 saturated heterocycles. The summed E-state index contributed by atoms with van der Waals surface area (Å²) in [6, 6.07) is 6.97. The summed E-state index contributed by atoms with van der Waals surface area (Å²) in [5, 5.41) is 2.17. The van der Waals surface area contributed by atoms with Gasteiger partial charge in [0.05, 0.1) is 41.9 Å². The molecule has 1 aromatic rings. The highest BCUT2D eigenvalue weighted by atomic mass is 32.2. The minimum atomic E-state index is -3.85. The second kappa shape index (κ2) is 19.8. The highest BCUT2D eigenvalue weighted by Gasteiger charge is 2.44. The molecular weight excluding hydrogens is 701 g/mol. The fraction of sp³-hybridized carbons (Fsp3) is 0.718. The van der Waals surface area contributed by atoms with E-state index in [9.17, 15) is 32.4 Å². The van der Waals surface area contributed by atoms with E-state index >= 15 is 0 Å². The molecule has 1 saturated carbocycles. The number of hydrogen-bond acceptors (Lipinski definition) is 9. The molecule has 0 aromatic heterocycles. The second-order valence-corrected chi connectivity index (χ2v) is 17.3. The first kappa shape index (κ1) is 44.0. The molecule has 2 fully saturated rings. The van der Waals surface area contributed by atoms with Crippen molar-refractivity contribution in [2.24, 2.45) is 23.7 Å². The number of nitrogens with one attached hydrogen (secondary N) is 2. The number of rotatable bonds is 21. The van der Waals surface area contributed by atoms with Gasteiger partial charge >= 0.3 is 0 Å². The average Bonchev–Trinajstić information content (AvgIpc) is 3.88. The van der Waals surface area contributed by atoms with Gasteiger partial charge in [-0.3, -0.25) is 23.9 Å². The van der Waals surface area contributed by atoms with E-state index in [1.807, 2.05) is 33.8 Å². The largest absolute Gasteiger partial charge is 0.379 e. The van der Waals surface area contributed by atoms with Crippen molar-refractivity contribution in [3.63, 3.8) is 0 Å². The van der Waals surface area contributed by atoms with Crippen LogP contribution in [-0.4, -0.2) is 111 Å². The maximum Gasteiger partial charge on any atom is 0.256 e. The zero-order valence-electron chi connectivity index (χ0n) is 33.0. The minimum absolute atomic E-state index is 0.00944. The number of sulfonamides is 1. The molecule has 1 heterocycles. The Balaban J connectivity index is 1.79. The number of nitrogens with zero attached hydrogens (tertiary/aromatic N) is 2. The Labute approximate surface area is 316 Å². The molecule has 0 spiro atoms. The van der Waals surface area contributed by atoms with Crippen molar-refractivity contribution in [3.8, 4) is 0 Å². The summed E-state index contributed by atoms with van der Waals surface area (Å²) in [6.07, 6.45) is 1.82. The number of hydrogen-bond donors (Lipinski definition) is 2. The van der Waals surface area contributed by atoms with Crippen molar-refractivity contribution in [2.75, 3.05) is 27.8 Å². The third-order valence-electron chi connectivity index (χ3n) is 11.0. The van der Waals surface area contributed by atoms with Gasteiger partial charge in [0, 0.05) is 46.6 Å². The van der Waals surface area contributed by atoms with Crippen LogP contribution in [0.4, 0.5) is 0 Å². The van der Waals surface area contributed by atoms with Gasteiger partial charge in [-0.1, -0.05) is 71.4 Å². The van der Waals surface area contributed by atoms with Crippen LogP contribution in [0.1, 0.15) is 92.1 Å². The fourth-order valence-electron chi connectivity index (χ4n) is 7.52. The van der Waals surface area contributed by atoms with Crippen LogP contribution < -0.4 is 10.0 Å². The van der Waals surface area contributed by atoms with E-state index in [-0.39, 0.29) is 48.7 Å². The van der Waals surface area contributed by atoms with E-state index in [1.165, 1.54) is 21.1 Å². The molecule has 13 nitrogen and oxygen atoms in total. The molecule has 3 rings (SSSR count). The Bertz CT molecular complexity index is 1520. The number of carbonyl (C=O) groups excluding carboxylic acids is 5. The molecule has 14 heteroatoms. The maximum atomic E-state index is 14.1. The number of ether oxygens (including phenoxy) is 2. The summed E-state index contributed by atoms with van der Waals surface area (Å²) in [4.78, 5) is 70.5. The minimum Gasteiger partial charge on any atom is -0.379 e. The van der Waals surface area contributed by atoms with Crippen LogP contribution in [0.15, 0.2) is 30.3 Å². The lowest BCUT2D eigenvalue weighted by molar-refractivity contribution is -0.149. The molecule has 4 amide bonds. The summed E-state index contributed by atoms with van der Waals surface area (Å²) in [5.74, 6) is -3.09. The molecular formula is C39H62N4O9S. The lowest BCUT2D eigenvalue weighted by atomic mass is 9.86. The Morgan fingerprint density at radius 1 is 0.943 bits per heavy atom. The predicted molar refractivity (Wildman–Crippen MR) is 202 cm³/mol. The van der Waals surface area contributed by atoms with Crippen molar-refractivity contribution < 1.29 is 41.9 Å². The molecule has 1 aromatic carbocycles. The molecule has 1 aliphatic carbocycles. The number of likely N-dealkylation sites (N-methyl/N-ethyl adjacent to an activating group) is 1. The lowest BCUT2D eigenvalue weighted by Crippen LogP contribution is -2.55. The van der Waals surface area contributed by atoms with Gasteiger partial charge < -0.3 is 29.4 Å². The molecule has 53 heavy (non-hydrogen) atoms. The normalized spacial score (nSPS) is 20.1. The molecule has 0 bridgehead atoms. The Kier molecular flexibility index (Phi) is 16.5. The smallest absolute Gasteiger partial charge is 0.256 e. The molecule has 2 N–H and O–H groups in total. The number of benzene rings is 1. The summed E-state index contributed by atoms with van der Waals surface area (Å²) in [5.41, 5.74) is 0.745. The van der Waals surface area contributed by atoms with E-state index < -0.39 is 69.3 Å². The first-order chi connectivity index (χ1) is 25.0. The van der Waals surface area contributed by atoms with Gasteiger partial charge in [0.15, 0.2) is 0 Å². The lowest BCUT2D eigenvalue weighted by Gasteiger charge is -2.40. The first-order valence-electron chi connectivity index (χ1n) is 19.0. The molecule has 2 aliphatic rings. The number of Topliss-reactive ketones (excluding diaryl/α,β-unsaturated/α-hetero) is 1. The van der Waals surface area contributed by atoms with Gasteiger partial charge in [0.1, 0.15) is 11.8 Å². The van der Waals surface area contributed by atoms with Gasteiger partial charge in [-0.05, 0) is 50.0 Å². The Morgan fingerprint density at radius 3 is 2.11 bits per heavy atom. The third-order valence-corrected chi connectivity index (χ3v) is 12.8. The van der Waals surface area contributed by atoms with Gasteiger partial charge in [-0.2, -0.15) is 0 Å². The SMILES string of the molecule is CC[C@H](C)[C@@H]([C@@H](CC(=O)N1CCC[C@H]1[C@H](OC)[C@@H](C)C(=O)N[C@@H](Cc1ccccc1)C(=O)NS(=O)(=O)C1CC1)OC)N(C)C(=O)[C@@H](CC(C)=O)C(C)C. The highest BCUT2D eigenvalue weighted by Crippen LogP contribution is 2.31. The van der Waals surface area contributed by atoms with E-state index in [0.717, 1.165) is 12.0 Å². The fourth-order valence-corrected chi connectivity index (χ4v) is 8.87. The van der Waals surface area contributed by atoms with Crippen LogP contribution in [0.3, 0.4) is 0 Å². The predicted octanol–water partition coefficient (Wildman–Crippen LogP) is 3.49. The highest BCUT2D eigenvalue weighted by molar-refractivity contribution is 7.90. The molecule has 1 aliphatic heterocycles.